The molecule has 1 N–H and O–H groups in total. The van der Waals surface area contributed by atoms with Crippen LogP contribution in [0.2, 0.25) is 0 Å². The first-order chi connectivity index (χ1) is 11.2. The summed E-state index contributed by atoms with van der Waals surface area (Å²) in [5, 5.41) is 9.14. The Kier molecular flexibility index (Phi) is 4.00. The number of carbonyl (C=O) groups is 1. The molecule has 1 fully saturated rings. The Morgan fingerprint density at radius 3 is 2.54 bits per heavy atom. The van der Waals surface area contributed by atoms with Crippen LogP contribution in [0.1, 0.15) is 12.8 Å². The summed E-state index contributed by atoms with van der Waals surface area (Å²) in [6.45, 7) is 0.279. The summed E-state index contributed by atoms with van der Waals surface area (Å²) in [4.78, 5) is 23.2. The highest BCUT2D eigenvalue weighted by atomic mass is 32.2. The number of benzene rings is 1. The van der Waals surface area contributed by atoms with Crippen molar-refractivity contribution in [3.05, 3.63) is 28.7 Å². The fourth-order valence-corrected chi connectivity index (χ4v) is 4.70. The molecule has 24 heavy (non-hydrogen) atoms. The highest BCUT2D eigenvalue weighted by molar-refractivity contribution is 7.89. The molecule has 1 aliphatic rings. The molecular weight excluding hydrogens is 334 g/mol. The van der Waals surface area contributed by atoms with Crippen LogP contribution in [0, 0.1) is 5.92 Å². The number of nitrogens with zero attached hydrogens (tertiary/aromatic N) is 3. The lowest BCUT2D eigenvalue weighted by Gasteiger charge is -2.29. The number of hydrogen-bond donors (Lipinski definition) is 1. The van der Waals surface area contributed by atoms with Gasteiger partial charge in [-0.2, -0.15) is 4.31 Å². The molecule has 3 rings (SSSR count). The van der Waals surface area contributed by atoms with E-state index in [2.05, 4.69) is 0 Å². The van der Waals surface area contributed by atoms with E-state index in [0.29, 0.717) is 30.4 Å². The van der Waals surface area contributed by atoms with E-state index in [9.17, 15) is 18.0 Å². The molecule has 0 saturated carbocycles. The number of piperidine rings is 1. The second kappa shape index (κ2) is 5.75. The molecule has 1 aromatic carbocycles. The van der Waals surface area contributed by atoms with Crippen molar-refractivity contribution < 1.29 is 18.3 Å². The van der Waals surface area contributed by atoms with Crippen molar-refractivity contribution in [2.45, 2.75) is 17.7 Å². The number of sulfonamides is 1. The minimum atomic E-state index is -3.79. The summed E-state index contributed by atoms with van der Waals surface area (Å²) in [6.07, 6.45) is 0.996. The lowest BCUT2D eigenvalue weighted by Crippen LogP contribution is -2.42. The van der Waals surface area contributed by atoms with E-state index in [1.165, 1.54) is 25.6 Å². The lowest BCUT2D eigenvalue weighted by molar-refractivity contribution is -0.142. The maximum atomic E-state index is 12.8. The zero-order valence-corrected chi connectivity index (χ0v) is 14.3. The molecule has 1 aliphatic heterocycles. The monoisotopic (exact) mass is 353 g/mol. The molecule has 0 bridgehead atoms. The lowest BCUT2D eigenvalue weighted by atomic mass is 10.0. The van der Waals surface area contributed by atoms with Gasteiger partial charge in [0.2, 0.25) is 10.0 Å². The summed E-state index contributed by atoms with van der Waals surface area (Å²) in [6, 6.07) is 4.53. The van der Waals surface area contributed by atoms with Gasteiger partial charge in [0.15, 0.2) is 0 Å². The minimum absolute atomic E-state index is 0.0244. The predicted octanol–water partition coefficient (Wildman–Crippen LogP) is 0.362. The first-order valence-corrected chi connectivity index (χ1v) is 9.06. The fourth-order valence-electron chi connectivity index (χ4n) is 3.16. The smallest absolute Gasteiger partial charge is 0.328 e. The number of carboxylic acid groups (broad SMARTS) is 1. The van der Waals surface area contributed by atoms with E-state index in [-0.39, 0.29) is 17.1 Å². The predicted molar refractivity (Wildman–Crippen MR) is 87.3 cm³/mol. The number of carboxylic acids is 1. The third kappa shape index (κ3) is 2.53. The van der Waals surface area contributed by atoms with Crippen molar-refractivity contribution in [3.8, 4) is 0 Å². The Labute approximate surface area is 139 Å². The topological polar surface area (TPSA) is 102 Å². The molecule has 1 saturated heterocycles. The van der Waals surface area contributed by atoms with E-state index in [1.54, 1.807) is 20.2 Å². The van der Waals surface area contributed by atoms with Crippen LogP contribution in [0.25, 0.3) is 11.0 Å². The largest absolute Gasteiger partial charge is 0.481 e. The summed E-state index contributed by atoms with van der Waals surface area (Å²) < 4.78 is 29.7. The van der Waals surface area contributed by atoms with Crippen LogP contribution in [-0.2, 0) is 28.9 Å². The first-order valence-electron chi connectivity index (χ1n) is 7.62. The van der Waals surface area contributed by atoms with E-state index < -0.39 is 21.9 Å². The third-order valence-corrected chi connectivity index (χ3v) is 6.48. The van der Waals surface area contributed by atoms with Crippen LogP contribution in [-0.4, -0.2) is 46.0 Å². The van der Waals surface area contributed by atoms with Gasteiger partial charge in [0.1, 0.15) is 0 Å². The minimum Gasteiger partial charge on any atom is -0.481 e. The summed E-state index contributed by atoms with van der Waals surface area (Å²) in [5.74, 6) is -1.66. The van der Waals surface area contributed by atoms with Crippen molar-refractivity contribution in [3.63, 3.8) is 0 Å². The molecule has 0 radical (unpaired) electrons. The number of aromatic nitrogens is 2. The molecule has 1 unspecified atom stereocenters. The zero-order valence-electron chi connectivity index (χ0n) is 13.5. The SMILES string of the molecule is Cn1c(=O)n(C)c2cc(S(=O)(=O)N3CCCC(C(=O)O)C3)ccc21. The van der Waals surface area contributed by atoms with Gasteiger partial charge in [-0.3, -0.25) is 13.9 Å². The van der Waals surface area contributed by atoms with Crippen LogP contribution in [0.4, 0.5) is 0 Å². The van der Waals surface area contributed by atoms with Gasteiger partial charge in [0.05, 0.1) is 21.8 Å². The number of rotatable bonds is 3. The van der Waals surface area contributed by atoms with Crippen LogP contribution in [0.5, 0.6) is 0 Å². The molecule has 8 nitrogen and oxygen atoms in total. The van der Waals surface area contributed by atoms with Gasteiger partial charge in [-0.1, -0.05) is 0 Å². The number of aryl methyl sites for hydroxylation is 2. The molecule has 9 heteroatoms. The van der Waals surface area contributed by atoms with Gasteiger partial charge in [0, 0.05) is 27.2 Å². The van der Waals surface area contributed by atoms with Gasteiger partial charge >= 0.3 is 11.7 Å². The highest BCUT2D eigenvalue weighted by Crippen LogP contribution is 2.25. The van der Waals surface area contributed by atoms with Crippen LogP contribution in [0.15, 0.2) is 27.9 Å². The number of imidazole rings is 1. The third-order valence-electron chi connectivity index (χ3n) is 4.61. The van der Waals surface area contributed by atoms with Gasteiger partial charge in [-0.25, -0.2) is 13.2 Å². The fraction of sp³-hybridized carbons (Fsp3) is 0.467. The molecule has 2 heterocycles. The maximum Gasteiger partial charge on any atom is 0.328 e. The van der Waals surface area contributed by atoms with Gasteiger partial charge in [-0.05, 0) is 31.0 Å². The molecular formula is C15H19N3O5S. The van der Waals surface area contributed by atoms with E-state index in [1.807, 2.05) is 0 Å². The van der Waals surface area contributed by atoms with Crippen LogP contribution >= 0.6 is 0 Å². The van der Waals surface area contributed by atoms with Crippen molar-refractivity contribution in [1.82, 2.24) is 13.4 Å². The zero-order chi connectivity index (χ0) is 17.6. The Balaban J connectivity index is 2.04. The molecule has 0 spiro atoms. The first kappa shape index (κ1) is 16.7. The second-order valence-corrected chi connectivity index (χ2v) is 8.03. The molecule has 1 aromatic heterocycles. The van der Waals surface area contributed by atoms with Crippen molar-refractivity contribution in [1.29, 1.82) is 0 Å². The number of aliphatic carboxylic acids is 1. The summed E-state index contributed by atoms with van der Waals surface area (Å²) in [5.41, 5.74) is 0.933. The molecule has 1 atom stereocenters. The summed E-state index contributed by atoms with van der Waals surface area (Å²) in [7, 11) is -0.583. The van der Waals surface area contributed by atoms with Gasteiger partial charge < -0.3 is 5.11 Å². The highest BCUT2D eigenvalue weighted by Gasteiger charge is 2.33. The van der Waals surface area contributed by atoms with E-state index in [4.69, 9.17) is 5.11 Å². The van der Waals surface area contributed by atoms with Crippen LogP contribution < -0.4 is 5.69 Å². The normalized spacial score (nSPS) is 19.7. The standard InChI is InChI=1S/C15H19N3O5S/c1-16-12-6-5-11(8-13(12)17(2)15(16)21)24(22,23)18-7-3-4-10(9-18)14(19)20/h5-6,8,10H,3-4,7,9H2,1-2H3,(H,19,20). The van der Waals surface area contributed by atoms with Crippen molar-refractivity contribution in [2.24, 2.45) is 20.0 Å². The van der Waals surface area contributed by atoms with Crippen LogP contribution in [0.3, 0.4) is 0 Å². The van der Waals surface area contributed by atoms with Gasteiger partial charge in [-0.15, -0.1) is 0 Å². The number of hydrogen-bond acceptors (Lipinski definition) is 4. The second-order valence-electron chi connectivity index (χ2n) is 6.09. The number of fused-ring (bicyclic) bond motifs is 1. The van der Waals surface area contributed by atoms with E-state index >= 15 is 0 Å². The molecule has 2 aromatic rings. The average Bonchev–Trinajstić information content (AvgIpc) is 2.79. The average molecular weight is 353 g/mol. The van der Waals surface area contributed by atoms with Crippen molar-refractivity contribution in [2.75, 3.05) is 13.1 Å². The Bertz CT molecular complexity index is 973. The van der Waals surface area contributed by atoms with E-state index in [0.717, 1.165) is 0 Å². The van der Waals surface area contributed by atoms with Gasteiger partial charge in [0.25, 0.3) is 0 Å². The molecule has 130 valence electrons. The van der Waals surface area contributed by atoms with Crippen molar-refractivity contribution >= 4 is 27.0 Å². The summed E-state index contributed by atoms with van der Waals surface area (Å²) >= 11 is 0. The Morgan fingerprint density at radius 2 is 1.88 bits per heavy atom. The quantitative estimate of drug-likeness (QED) is 0.859. The molecule has 0 amide bonds. The Hall–Kier alpha value is -2.13. The Morgan fingerprint density at radius 1 is 1.21 bits per heavy atom. The molecule has 0 aliphatic carbocycles. The maximum absolute atomic E-state index is 12.8.